The molecular formula is C14H18BrN5O. The molecule has 2 heterocycles. The van der Waals surface area contributed by atoms with Crippen LogP contribution >= 0.6 is 15.9 Å². The number of halogens is 1. The van der Waals surface area contributed by atoms with E-state index in [0.29, 0.717) is 22.6 Å². The first-order valence-corrected chi connectivity index (χ1v) is 8.01. The minimum Gasteiger partial charge on any atom is -0.347 e. The van der Waals surface area contributed by atoms with E-state index >= 15 is 0 Å². The summed E-state index contributed by atoms with van der Waals surface area (Å²) in [6.07, 6.45) is 8.91. The fourth-order valence-electron chi connectivity index (χ4n) is 2.38. The standard InChI is InChI=1S/C14H18BrN5O/c1-2-19-9-11(6-16-19)18-13-12(15)7-17-20(14(13)21)8-10-4-3-5-10/h6-7,9-10,18H,2-5,8H2,1H3. The van der Waals surface area contributed by atoms with Crippen LogP contribution in [0.25, 0.3) is 0 Å². The van der Waals surface area contributed by atoms with Crippen molar-refractivity contribution in [3.05, 3.63) is 33.4 Å². The van der Waals surface area contributed by atoms with Crippen molar-refractivity contribution >= 4 is 27.3 Å². The van der Waals surface area contributed by atoms with Crippen LogP contribution in [0.3, 0.4) is 0 Å². The molecule has 0 bridgehead atoms. The fraction of sp³-hybridized carbons (Fsp3) is 0.500. The summed E-state index contributed by atoms with van der Waals surface area (Å²) in [5.41, 5.74) is 1.22. The summed E-state index contributed by atoms with van der Waals surface area (Å²) in [6, 6.07) is 0. The van der Waals surface area contributed by atoms with Crippen molar-refractivity contribution in [1.29, 1.82) is 0 Å². The summed E-state index contributed by atoms with van der Waals surface area (Å²) < 4.78 is 4.03. The second-order valence-corrected chi connectivity index (χ2v) is 6.22. The Balaban J connectivity index is 1.85. The summed E-state index contributed by atoms with van der Waals surface area (Å²) in [5.74, 6) is 0.590. The molecule has 3 rings (SSSR count). The van der Waals surface area contributed by atoms with E-state index in [9.17, 15) is 4.79 Å². The third kappa shape index (κ3) is 3.02. The van der Waals surface area contributed by atoms with Gasteiger partial charge in [-0.25, -0.2) is 4.68 Å². The summed E-state index contributed by atoms with van der Waals surface area (Å²) in [4.78, 5) is 12.5. The van der Waals surface area contributed by atoms with E-state index < -0.39 is 0 Å². The summed E-state index contributed by atoms with van der Waals surface area (Å²) in [6.45, 7) is 3.52. The quantitative estimate of drug-likeness (QED) is 0.899. The number of hydrogen-bond donors (Lipinski definition) is 1. The van der Waals surface area contributed by atoms with Crippen LogP contribution in [-0.2, 0) is 13.1 Å². The Hall–Kier alpha value is -1.63. The van der Waals surface area contributed by atoms with Crippen LogP contribution < -0.4 is 10.9 Å². The number of aromatic nitrogens is 4. The number of anilines is 2. The summed E-state index contributed by atoms with van der Waals surface area (Å²) in [5, 5.41) is 11.6. The molecule has 0 amide bonds. The van der Waals surface area contributed by atoms with Gasteiger partial charge in [-0.15, -0.1) is 0 Å². The van der Waals surface area contributed by atoms with Gasteiger partial charge < -0.3 is 5.32 Å². The predicted octanol–water partition coefficient (Wildman–Crippen LogP) is 2.77. The van der Waals surface area contributed by atoms with Crippen molar-refractivity contribution in [1.82, 2.24) is 19.6 Å². The highest BCUT2D eigenvalue weighted by atomic mass is 79.9. The highest BCUT2D eigenvalue weighted by Crippen LogP contribution is 2.28. The Morgan fingerprint density at radius 3 is 2.81 bits per heavy atom. The number of aryl methyl sites for hydroxylation is 1. The zero-order chi connectivity index (χ0) is 14.8. The molecule has 0 aliphatic heterocycles. The van der Waals surface area contributed by atoms with Gasteiger partial charge >= 0.3 is 0 Å². The topological polar surface area (TPSA) is 64.7 Å². The lowest BCUT2D eigenvalue weighted by Gasteiger charge is -2.25. The lowest BCUT2D eigenvalue weighted by atomic mass is 9.85. The van der Waals surface area contributed by atoms with E-state index in [2.05, 4.69) is 31.4 Å². The normalized spacial score (nSPS) is 15.0. The zero-order valence-corrected chi connectivity index (χ0v) is 13.5. The number of nitrogens with zero attached hydrogens (tertiary/aromatic N) is 4. The van der Waals surface area contributed by atoms with Crippen LogP contribution in [0.15, 0.2) is 27.9 Å². The second-order valence-electron chi connectivity index (χ2n) is 5.36. The first-order chi connectivity index (χ1) is 10.2. The SMILES string of the molecule is CCn1cc(Nc2c(Br)cnn(CC3CCC3)c2=O)cn1. The first kappa shape index (κ1) is 14.3. The number of nitrogens with one attached hydrogen (secondary N) is 1. The van der Waals surface area contributed by atoms with Gasteiger partial charge in [0.1, 0.15) is 5.69 Å². The van der Waals surface area contributed by atoms with Gasteiger partial charge in [0, 0.05) is 19.3 Å². The Bertz CT molecular complexity index is 689. The maximum atomic E-state index is 12.5. The molecule has 0 atom stereocenters. The molecule has 6 nitrogen and oxygen atoms in total. The summed E-state index contributed by atoms with van der Waals surface area (Å²) in [7, 11) is 0. The van der Waals surface area contributed by atoms with Crippen molar-refractivity contribution < 1.29 is 0 Å². The molecule has 21 heavy (non-hydrogen) atoms. The van der Waals surface area contributed by atoms with Crippen LogP contribution in [0.5, 0.6) is 0 Å². The summed E-state index contributed by atoms with van der Waals surface area (Å²) >= 11 is 3.39. The molecule has 2 aromatic rings. The molecule has 112 valence electrons. The lowest BCUT2D eigenvalue weighted by Crippen LogP contribution is -2.30. The van der Waals surface area contributed by atoms with Gasteiger partial charge in [-0.05, 0) is 41.6 Å². The smallest absolute Gasteiger partial charge is 0.291 e. The fourth-order valence-corrected chi connectivity index (χ4v) is 2.74. The maximum Gasteiger partial charge on any atom is 0.291 e. The van der Waals surface area contributed by atoms with Gasteiger partial charge in [-0.2, -0.15) is 10.2 Å². The molecule has 2 aromatic heterocycles. The van der Waals surface area contributed by atoms with Crippen molar-refractivity contribution in [2.75, 3.05) is 5.32 Å². The molecule has 1 aliphatic carbocycles. The van der Waals surface area contributed by atoms with Crippen LogP contribution in [0.2, 0.25) is 0 Å². The minimum absolute atomic E-state index is 0.0967. The van der Waals surface area contributed by atoms with Crippen molar-refractivity contribution in [2.45, 2.75) is 39.3 Å². The number of hydrogen-bond acceptors (Lipinski definition) is 4. The van der Waals surface area contributed by atoms with Crippen molar-refractivity contribution in [2.24, 2.45) is 5.92 Å². The zero-order valence-electron chi connectivity index (χ0n) is 11.9. The van der Waals surface area contributed by atoms with Gasteiger partial charge in [0.25, 0.3) is 5.56 Å². The van der Waals surface area contributed by atoms with Crippen LogP contribution in [-0.4, -0.2) is 19.6 Å². The molecule has 1 saturated carbocycles. The van der Waals surface area contributed by atoms with Gasteiger partial charge in [0.05, 0.1) is 22.6 Å². The van der Waals surface area contributed by atoms with Crippen LogP contribution in [0, 0.1) is 5.92 Å². The Morgan fingerprint density at radius 2 is 2.19 bits per heavy atom. The highest BCUT2D eigenvalue weighted by Gasteiger charge is 2.20. The molecule has 7 heteroatoms. The van der Waals surface area contributed by atoms with Crippen molar-refractivity contribution in [3.8, 4) is 0 Å². The van der Waals surface area contributed by atoms with Gasteiger partial charge in [0.2, 0.25) is 0 Å². The van der Waals surface area contributed by atoms with Gasteiger partial charge in [0.15, 0.2) is 0 Å². The third-order valence-corrected chi connectivity index (χ3v) is 4.48. The molecule has 0 spiro atoms. The monoisotopic (exact) mass is 351 g/mol. The van der Waals surface area contributed by atoms with Crippen LogP contribution in [0.1, 0.15) is 26.2 Å². The maximum absolute atomic E-state index is 12.5. The molecule has 1 fully saturated rings. The van der Waals surface area contributed by atoms with Crippen LogP contribution in [0.4, 0.5) is 11.4 Å². The minimum atomic E-state index is -0.0967. The third-order valence-electron chi connectivity index (χ3n) is 3.88. The molecule has 0 unspecified atom stereocenters. The van der Waals surface area contributed by atoms with E-state index in [-0.39, 0.29) is 5.56 Å². The Morgan fingerprint density at radius 1 is 1.38 bits per heavy atom. The van der Waals surface area contributed by atoms with Gasteiger partial charge in [-0.3, -0.25) is 9.48 Å². The Kier molecular flexibility index (Phi) is 4.10. The lowest BCUT2D eigenvalue weighted by molar-refractivity contribution is 0.262. The van der Waals surface area contributed by atoms with E-state index in [1.807, 2.05) is 17.8 Å². The average Bonchev–Trinajstić information content (AvgIpc) is 2.88. The van der Waals surface area contributed by atoms with Gasteiger partial charge in [-0.1, -0.05) is 6.42 Å². The van der Waals surface area contributed by atoms with E-state index in [1.54, 1.807) is 17.1 Å². The molecular weight excluding hydrogens is 334 g/mol. The first-order valence-electron chi connectivity index (χ1n) is 7.22. The second kappa shape index (κ2) is 6.01. The molecule has 0 aromatic carbocycles. The van der Waals surface area contributed by atoms with E-state index in [0.717, 1.165) is 12.2 Å². The Labute approximate surface area is 131 Å². The van der Waals surface area contributed by atoms with E-state index in [1.165, 1.54) is 19.3 Å². The molecule has 0 saturated heterocycles. The average molecular weight is 352 g/mol. The number of rotatable bonds is 5. The predicted molar refractivity (Wildman–Crippen MR) is 84.7 cm³/mol. The van der Waals surface area contributed by atoms with Crippen molar-refractivity contribution in [3.63, 3.8) is 0 Å². The largest absolute Gasteiger partial charge is 0.347 e. The molecule has 1 aliphatic rings. The van der Waals surface area contributed by atoms with E-state index in [4.69, 9.17) is 0 Å². The molecule has 1 N–H and O–H groups in total. The molecule has 0 radical (unpaired) electrons. The highest BCUT2D eigenvalue weighted by molar-refractivity contribution is 9.10.